The van der Waals surface area contributed by atoms with E-state index in [1.165, 1.54) is 0 Å². The van der Waals surface area contributed by atoms with Gasteiger partial charge in [-0.05, 0) is 11.6 Å². The normalized spacial score (nSPS) is 9.12. The molecule has 0 amide bonds. The highest BCUT2D eigenvalue weighted by atomic mass is 35.5. The van der Waals surface area contributed by atoms with Crippen molar-refractivity contribution in [3.8, 4) is 0 Å². The van der Waals surface area contributed by atoms with Gasteiger partial charge in [-0.15, -0.1) is 11.6 Å². The van der Waals surface area contributed by atoms with Crippen LogP contribution >= 0.6 is 11.6 Å². The largest absolute Gasteiger partial charge is 0.122 e. The van der Waals surface area contributed by atoms with Gasteiger partial charge in [-0.3, -0.25) is 0 Å². The topological polar surface area (TPSA) is 0 Å². The summed E-state index contributed by atoms with van der Waals surface area (Å²) >= 11 is 5.51. The Balaban J connectivity index is 2.83. The van der Waals surface area contributed by atoms with Gasteiger partial charge in [0.1, 0.15) is 0 Å². The summed E-state index contributed by atoms with van der Waals surface area (Å²) in [7, 11) is 0. The molecule has 0 nitrogen and oxygen atoms in total. The highest BCUT2D eigenvalue weighted by Gasteiger charge is 1.81. The Bertz CT molecular complexity index is 146. The molecule has 0 heterocycles. The minimum atomic E-state index is 0.592. The van der Waals surface area contributed by atoms with Gasteiger partial charge in [-0.1, -0.05) is 24.3 Å². The number of benzene rings is 1. The third-order valence-electron chi connectivity index (χ3n) is 0.942. The van der Waals surface area contributed by atoms with E-state index >= 15 is 0 Å². The average molecular weight is 126 g/mol. The van der Waals surface area contributed by atoms with Crippen LogP contribution in [0.3, 0.4) is 0 Å². The molecule has 0 aliphatic carbocycles. The molecule has 1 rings (SSSR count). The molecule has 41 valence electrons. The fraction of sp³-hybridized carbons (Fsp3) is 0.143. The lowest BCUT2D eigenvalue weighted by Gasteiger charge is -1.87. The first-order chi connectivity index (χ1) is 3.93. The van der Waals surface area contributed by atoms with Crippen LogP contribution in [0.4, 0.5) is 0 Å². The molecule has 1 aromatic rings. The predicted octanol–water partition coefficient (Wildman–Crippen LogP) is 2.23. The van der Waals surface area contributed by atoms with Crippen LogP contribution in [0.15, 0.2) is 24.3 Å². The van der Waals surface area contributed by atoms with Crippen molar-refractivity contribution >= 4 is 11.6 Å². The maximum atomic E-state index is 5.51. The molecule has 0 saturated carbocycles. The van der Waals surface area contributed by atoms with Gasteiger partial charge >= 0.3 is 0 Å². The van der Waals surface area contributed by atoms with Crippen LogP contribution in [0.2, 0.25) is 0 Å². The first kappa shape index (κ1) is 5.64. The van der Waals surface area contributed by atoms with E-state index in [-0.39, 0.29) is 0 Å². The lowest BCUT2D eigenvalue weighted by atomic mass is 10.2. The van der Waals surface area contributed by atoms with Gasteiger partial charge in [0.2, 0.25) is 0 Å². The number of halogens is 1. The second-order valence-corrected chi connectivity index (χ2v) is 1.81. The van der Waals surface area contributed by atoms with E-state index in [2.05, 4.69) is 6.07 Å². The molecular weight excluding hydrogens is 120 g/mol. The van der Waals surface area contributed by atoms with E-state index in [1.807, 2.05) is 24.3 Å². The zero-order chi connectivity index (χ0) is 5.82. The Morgan fingerprint density at radius 2 is 2.00 bits per heavy atom. The minimum Gasteiger partial charge on any atom is -0.122 e. The molecule has 8 heavy (non-hydrogen) atoms. The SMILES string of the molecule is ClCc1cc[c]cc1. The van der Waals surface area contributed by atoms with Crippen molar-refractivity contribution in [3.63, 3.8) is 0 Å². The van der Waals surface area contributed by atoms with E-state index in [0.717, 1.165) is 5.56 Å². The molecule has 0 fully saturated rings. The zero-order valence-electron chi connectivity index (χ0n) is 4.39. The molecule has 0 saturated heterocycles. The summed E-state index contributed by atoms with van der Waals surface area (Å²) in [6.07, 6.45) is 0. The summed E-state index contributed by atoms with van der Waals surface area (Å²) in [5.74, 6) is 0.592. The van der Waals surface area contributed by atoms with E-state index in [0.29, 0.717) is 5.88 Å². The quantitative estimate of drug-likeness (QED) is 0.505. The van der Waals surface area contributed by atoms with Gasteiger partial charge in [0, 0.05) is 5.88 Å². The lowest BCUT2D eigenvalue weighted by molar-refractivity contribution is 1.40. The summed E-state index contributed by atoms with van der Waals surface area (Å²) in [6.45, 7) is 0. The first-order valence-corrected chi connectivity index (χ1v) is 2.98. The van der Waals surface area contributed by atoms with Crippen molar-refractivity contribution in [2.24, 2.45) is 0 Å². The Hall–Kier alpha value is -0.490. The number of hydrogen-bond donors (Lipinski definition) is 0. The monoisotopic (exact) mass is 125 g/mol. The van der Waals surface area contributed by atoms with Crippen LogP contribution in [0.5, 0.6) is 0 Å². The molecule has 0 unspecified atom stereocenters. The second-order valence-electron chi connectivity index (χ2n) is 1.54. The van der Waals surface area contributed by atoms with Crippen LogP contribution < -0.4 is 0 Å². The fourth-order valence-electron chi connectivity index (χ4n) is 0.510. The standard InChI is InChI=1S/C7H6Cl/c8-6-7-4-2-1-3-5-7/h2-5H,6H2. The van der Waals surface area contributed by atoms with Gasteiger partial charge in [0.15, 0.2) is 0 Å². The molecule has 0 N–H and O–H groups in total. The van der Waals surface area contributed by atoms with Crippen molar-refractivity contribution in [1.29, 1.82) is 0 Å². The van der Waals surface area contributed by atoms with Crippen molar-refractivity contribution in [2.45, 2.75) is 5.88 Å². The molecule has 1 heteroatoms. The second kappa shape index (κ2) is 2.73. The smallest absolute Gasteiger partial charge is 0.0474 e. The number of rotatable bonds is 1. The third kappa shape index (κ3) is 1.24. The van der Waals surface area contributed by atoms with Crippen LogP contribution in [0, 0.1) is 6.07 Å². The predicted molar refractivity (Wildman–Crippen MR) is 34.8 cm³/mol. The molecule has 0 bridgehead atoms. The molecular formula is C7H6Cl. The highest BCUT2D eigenvalue weighted by molar-refractivity contribution is 6.17. The average Bonchev–Trinajstić information content (AvgIpc) is 1.90. The van der Waals surface area contributed by atoms with Crippen LogP contribution in [-0.4, -0.2) is 0 Å². The summed E-state index contributed by atoms with van der Waals surface area (Å²) in [6, 6.07) is 10.5. The van der Waals surface area contributed by atoms with E-state index in [9.17, 15) is 0 Å². The Morgan fingerprint density at radius 1 is 1.38 bits per heavy atom. The summed E-state index contributed by atoms with van der Waals surface area (Å²) in [5, 5.41) is 0. The number of alkyl halides is 1. The summed E-state index contributed by atoms with van der Waals surface area (Å²) in [5.41, 5.74) is 1.14. The van der Waals surface area contributed by atoms with Crippen LogP contribution in [0.1, 0.15) is 5.56 Å². The fourth-order valence-corrected chi connectivity index (χ4v) is 0.689. The van der Waals surface area contributed by atoms with Crippen LogP contribution in [-0.2, 0) is 5.88 Å². The van der Waals surface area contributed by atoms with Gasteiger partial charge in [0.25, 0.3) is 0 Å². The van der Waals surface area contributed by atoms with Crippen molar-refractivity contribution in [2.75, 3.05) is 0 Å². The summed E-state index contributed by atoms with van der Waals surface area (Å²) in [4.78, 5) is 0. The zero-order valence-corrected chi connectivity index (χ0v) is 5.15. The highest BCUT2D eigenvalue weighted by Crippen LogP contribution is 2.00. The lowest BCUT2D eigenvalue weighted by Crippen LogP contribution is -1.71. The van der Waals surface area contributed by atoms with Crippen LogP contribution in [0.25, 0.3) is 0 Å². The van der Waals surface area contributed by atoms with Gasteiger partial charge in [0.05, 0.1) is 0 Å². The van der Waals surface area contributed by atoms with Gasteiger partial charge < -0.3 is 0 Å². The van der Waals surface area contributed by atoms with Crippen molar-refractivity contribution in [1.82, 2.24) is 0 Å². The maximum Gasteiger partial charge on any atom is 0.0474 e. The molecule has 0 spiro atoms. The Morgan fingerprint density at radius 3 is 2.38 bits per heavy atom. The van der Waals surface area contributed by atoms with Crippen molar-refractivity contribution in [3.05, 3.63) is 35.9 Å². The molecule has 0 aliphatic heterocycles. The molecule has 0 atom stereocenters. The van der Waals surface area contributed by atoms with E-state index in [4.69, 9.17) is 11.6 Å². The molecule has 1 radical (unpaired) electrons. The van der Waals surface area contributed by atoms with E-state index in [1.54, 1.807) is 0 Å². The first-order valence-electron chi connectivity index (χ1n) is 2.44. The Labute approximate surface area is 54.1 Å². The molecule has 0 aromatic heterocycles. The van der Waals surface area contributed by atoms with Gasteiger partial charge in [-0.2, -0.15) is 0 Å². The maximum absolute atomic E-state index is 5.51. The van der Waals surface area contributed by atoms with Gasteiger partial charge in [-0.25, -0.2) is 0 Å². The van der Waals surface area contributed by atoms with E-state index < -0.39 is 0 Å². The third-order valence-corrected chi connectivity index (χ3v) is 1.25. The number of hydrogen-bond acceptors (Lipinski definition) is 0. The summed E-state index contributed by atoms with van der Waals surface area (Å²) < 4.78 is 0. The molecule has 0 aliphatic rings. The molecule has 1 aromatic carbocycles. The van der Waals surface area contributed by atoms with Crippen molar-refractivity contribution < 1.29 is 0 Å². The Kier molecular flexibility index (Phi) is 1.93. The minimum absolute atomic E-state index is 0.592.